The van der Waals surface area contributed by atoms with Gasteiger partial charge in [0.05, 0.1) is 22.8 Å². The fraction of sp³-hybridized carbons (Fsp3) is 0.294. The Hall–Kier alpha value is -2.31. The van der Waals surface area contributed by atoms with Crippen LogP contribution in [0.15, 0.2) is 41.0 Å². The van der Waals surface area contributed by atoms with E-state index in [2.05, 4.69) is 5.32 Å². The smallest absolute Gasteiger partial charge is 0.255 e. The largest absolute Gasteiger partial charge is 0.467 e. The van der Waals surface area contributed by atoms with Crippen molar-refractivity contribution in [2.24, 2.45) is 5.73 Å². The third-order valence-corrected chi connectivity index (χ3v) is 4.32. The molecule has 24 heavy (non-hydrogen) atoms. The number of hydrogen-bond acceptors (Lipinski definition) is 4. The number of halogens is 1. The van der Waals surface area contributed by atoms with Gasteiger partial charge in [0, 0.05) is 6.54 Å². The van der Waals surface area contributed by atoms with Crippen LogP contribution in [0.5, 0.6) is 0 Å². The first-order chi connectivity index (χ1) is 11.6. The van der Waals surface area contributed by atoms with E-state index in [-0.39, 0.29) is 18.4 Å². The van der Waals surface area contributed by atoms with Gasteiger partial charge in [-0.25, -0.2) is 0 Å². The second kappa shape index (κ2) is 7.07. The number of nitrogens with two attached hydrogens (primary N) is 1. The second-order valence-corrected chi connectivity index (χ2v) is 6.02. The zero-order chi connectivity index (χ0) is 17.1. The van der Waals surface area contributed by atoms with Crippen molar-refractivity contribution in [1.29, 1.82) is 0 Å². The van der Waals surface area contributed by atoms with Crippen molar-refractivity contribution in [3.05, 3.63) is 52.9 Å². The first-order valence-corrected chi connectivity index (χ1v) is 8.12. The number of furan rings is 1. The number of piperidine rings is 1. The fourth-order valence-corrected chi connectivity index (χ4v) is 3.01. The number of nitrogens with one attached hydrogen (secondary N) is 1. The lowest BCUT2D eigenvalue weighted by atomic mass is 10.0. The zero-order valence-electron chi connectivity index (χ0n) is 13.0. The van der Waals surface area contributed by atoms with E-state index in [1.165, 1.54) is 6.26 Å². The van der Waals surface area contributed by atoms with Crippen molar-refractivity contribution in [2.45, 2.75) is 25.4 Å². The SMILES string of the molecule is NCc1cc(C(=O)NC2CCCN(c3ccccc3Cl)C2=O)co1. The summed E-state index contributed by atoms with van der Waals surface area (Å²) in [5, 5.41) is 3.28. The number of benzene rings is 1. The van der Waals surface area contributed by atoms with Gasteiger partial charge in [0.15, 0.2) is 0 Å². The number of rotatable bonds is 4. The Morgan fingerprint density at radius 3 is 2.92 bits per heavy atom. The summed E-state index contributed by atoms with van der Waals surface area (Å²) in [6.45, 7) is 0.799. The summed E-state index contributed by atoms with van der Waals surface area (Å²) >= 11 is 6.19. The molecule has 7 heteroatoms. The number of carbonyl (C=O) groups is 2. The lowest BCUT2D eigenvalue weighted by Crippen LogP contribution is -2.52. The Labute approximate surface area is 144 Å². The minimum Gasteiger partial charge on any atom is -0.467 e. The molecule has 1 aliphatic rings. The van der Waals surface area contributed by atoms with Crippen molar-refractivity contribution in [2.75, 3.05) is 11.4 Å². The molecule has 0 bridgehead atoms. The average Bonchev–Trinajstić information content (AvgIpc) is 3.07. The highest BCUT2D eigenvalue weighted by atomic mass is 35.5. The van der Waals surface area contributed by atoms with Gasteiger partial charge >= 0.3 is 0 Å². The van der Waals surface area contributed by atoms with Crippen LogP contribution in [0.1, 0.15) is 29.0 Å². The molecular weight excluding hydrogens is 330 g/mol. The average molecular weight is 348 g/mol. The molecule has 1 atom stereocenters. The van der Waals surface area contributed by atoms with Crippen molar-refractivity contribution in [1.82, 2.24) is 5.32 Å². The van der Waals surface area contributed by atoms with E-state index < -0.39 is 6.04 Å². The predicted molar refractivity (Wildman–Crippen MR) is 90.9 cm³/mol. The van der Waals surface area contributed by atoms with E-state index in [1.807, 2.05) is 12.1 Å². The van der Waals surface area contributed by atoms with Crippen LogP contribution in [0.4, 0.5) is 5.69 Å². The first-order valence-electron chi connectivity index (χ1n) is 7.74. The van der Waals surface area contributed by atoms with Crippen LogP contribution in [-0.4, -0.2) is 24.4 Å². The van der Waals surface area contributed by atoms with Crippen LogP contribution in [0, 0.1) is 0 Å². The van der Waals surface area contributed by atoms with Gasteiger partial charge < -0.3 is 20.4 Å². The Bertz CT molecular complexity index is 759. The molecule has 3 N–H and O–H groups in total. The second-order valence-electron chi connectivity index (χ2n) is 5.62. The summed E-state index contributed by atoms with van der Waals surface area (Å²) in [4.78, 5) is 26.6. The van der Waals surface area contributed by atoms with Gasteiger partial charge in [0.2, 0.25) is 5.91 Å². The van der Waals surface area contributed by atoms with E-state index in [0.717, 1.165) is 6.42 Å². The van der Waals surface area contributed by atoms with Crippen LogP contribution < -0.4 is 16.0 Å². The fourth-order valence-electron chi connectivity index (χ4n) is 2.77. The number of para-hydroxylation sites is 1. The molecule has 1 aromatic heterocycles. The molecule has 1 saturated heterocycles. The van der Waals surface area contributed by atoms with Crippen molar-refractivity contribution in [3.8, 4) is 0 Å². The molecule has 2 aromatic rings. The number of anilines is 1. The molecule has 0 saturated carbocycles. The van der Waals surface area contributed by atoms with Gasteiger partial charge in [0.1, 0.15) is 18.1 Å². The summed E-state index contributed by atoms with van der Waals surface area (Å²) in [5.74, 6) is 0.0101. The number of amides is 2. The summed E-state index contributed by atoms with van der Waals surface area (Å²) < 4.78 is 5.16. The number of hydrogen-bond donors (Lipinski definition) is 2. The molecule has 3 rings (SSSR count). The highest BCUT2D eigenvalue weighted by Crippen LogP contribution is 2.28. The molecule has 0 spiro atoms. The minimum absolute atomic E-state index is 0.162. The van der Waals surface area contributed by atoms with Gasteiger partial charge in [-0.1, -0.05) is 23.7 Å². The topological polar surface area (TPSA) is 88.6 Å². The Morgan fingerprint density at radius 2 is 2.21 bits per heavy atom. The highest BCUT2D eigenvalue weighted by molar-refractivity contribution is 6.33. The summed E-state index contributed by atoms with van der Waals surface area (Å²) in [6, 6.07) is 8.18. The van der Waals surface area contributed by atoms with Gasteiger partial charge in [-0.05, 0) is 31.0 Å². The van der Waals surface area contributed by atoms with Crippen LogP contribution in [0.2, 0.25) is 5.02 Å². The van der Waals surface area contributed by atoms with Crippen molar-refractivity contribution in [3.63, 3.8) is 0 Å². The van der Waals surface area contributed by atoms with E-state index in [9.17, 15) is 9.59 Å². The minimum atomic E-state index is -0.584. The van der Waals surface area contributed by atoms with Crippen LogP contribution >= 0.6 is 11.6 Å². The van der Waals surface area contributed by atoms with Crippen LogP contribution in [0.25, 0.3) is 0 Å². The van der Waals surface area contributed by atoms with E-state index in [1.54, 1.807) is 23.1 Å². The molecular formula is C17H18ClN3O3. The molecule has 0 radical (unpaired) electrons. The normalized spacial score (nSPS) is 17.8. The zero-order valence-corrected chi connectivity index (χ0v) is 13.8. The molecule has 2 amide bonds. The molecule has 0 aliphatic carbocycles. The van der Waals surface area contributed by atoms with Gasteiger partial charge in [0.25, 0.3) is 5.91 Å². The van der Waals surface area contributed by atoms with Crippen molar-refractivity contribution < 1.29 is 14.0 Å². The summed E-state index contributed by atoms with van der Waals surface area (Å²) in [5.41, 5.74) is 6.49. The maximum absolute atomic E-state index is 12.7. The van der Waals surface area contributed by atoms with Crippen LogP contribution in [0.3, 0.4) is 0 Å². The Morgan fingerprint density at radius 1 is 1.42 bits per heavy atom. The molecule has 6 nitrogen and oxygen atoms in total. The molecule has 1 unspecified atom stereocenters. The third kappa shape index (κ3) is 3.29. The molecule has 1 aliphatic heterocycles. The monoisotopic (exact) mass is 347 g/mol. The standard InChI is InChI=1S/C17H18ClN3O3/c18-13-4-1-2-6-15(13)21-7-3-5-14(17(21)23)20-16(22)11-8-12(9-19)24-10-11/h1-2,4,6,8,10,14H,3,5,7,9,19H2,(H,20,22). The molecule has 2 heterocycles. The molecule has 1 fully saturated rings. The third-order valence-electron chi connectivity index (χ3n) is 4.00. The van der Waals surface area contributed by atoms with E-state index in [4.69, 9.17) is 21.8 Å². The first kappa shape index (κ1) is 16.5. The molecule has 126 valence electrons. The number of carbonyl (C=O) groups excluding carboxylic acids is 2. The van der Waals surface area contributed by atoms with Gasteiger partial charge in [-0.3, -0.25) is 9.59 Å². The maximum atomic E-state index is 12.7. The predicted octanol–water partition coefficient (Wildman–Crippen LogP) is 2.32. The molecule has 1 aromatic carbocycles. The van der Waals surface area contributed by atoms with E-state index in [0.29, 0.717) is 35.0 Å². The summed E-state index contributed by atoms with van der Waals surface area (Å²) in [7, 11) is 0. The Balaban J connectivity index is 1.73. The van der Waals surface area contributed by atoms with E-state index >= 15 is 0 Å². The Kier molecular flexibility index (Phi) is 4.87. The van der Waals surface area contributed by atoms with Gasteiger partial charge in [-0.15, -0.1) is 0 Å². The number of nitrogens with zero attached hydrogens (tertiary/aromatic N) is 1. The quantitative estimate of drug-likeness (QED) is 0.888. The lowest BCUT2D eigenvalue weighted by molar-refractivity contribution is -0.121. The highest BCUT2D eigenvalue weighted by Gasteiger charge is 2.32. The lowest BCUT2D eigenvalue weighted by Gasteiger charge is -2.33. The van der Waals surface area contributed by atoms with Gasteiger partial charge in [-0.2, -0.15) is 0 Å². The van der Waals surface area contributed by atoms with Crippen LogP contribution in [-0.2, 0) is 11.3 Å². The summed E-state index contributed by atoms with van der Waals surface area (Å²) in [6.07, 6.45) is 2.71. The maximum Gasteiger partial charge on any atom is 0.255 e. The van der Waals surface area contributed by atoms with Crippen molar-refractivity contribution >= 4 is 29.1 Å².